The monoisotopic (exact) mass is 238 g/mol. The Labute approximate surface area is 102 Å². The van der Waals surface area contributed by atoms with E-state index in [1.165, 1.54) is 24.2 Å². The Morgan fingerprint density at radius 1 is 0.938 bits per heavy atom. The Morgan fingerprint density at radius 2 is 1.62 bits per heavy atom. The van der Waals surface area contributed by atoms with Crippen LogP contribution in [0.4, 0.5) is 4.39 Å². The van der Waals surface area contributed by atoms with E-state index >= 15 is 0 Å². The molecule has 1 aliphatic rings. The third kappa shape index (κ3) is 3.51. The van der Waals surface area contributed by atoms with Crippen LogP contribution in [0.3, 0.4) is 0 Å². The number of thioether (sulfide) groups is 1. The summed E-state index contributed by atoms with van der Waals surface area (Å²) in [4.78, 5) is 1.20. The molecule has 0 heterocycles. The summed E-state index contributed by atoms with van der Waals surface area (Å²) in [5.74, 6) is 0. The molecule has 0 N–H and O–H groups in total. The van der Waals surface area contributed by atoms with Gasteiger partial charge in [0.05, 0.1) is 0 Å². The Kier molecular flexibility index (Phi) is 4.70. The molecule has 0 radical (unpaired) electrons. The van der Waals surface area contributed by atoms with Crippen molar-refractivity contribution in [2.24, 2.45) is 0 Å². The van der Waals surface area contributed by atoms with Gasteiger partial charge >= 0.3 is 0 Å². The molecule has 0 aromatic heterocycles. The van der Waals surface area contributed by atoms with Crippen LogP contribution in [0.1, 0.15) is 38.5 Å². The summed E-state index contributed by atoms with van der Waals surface area (Å²) >= 11 is 1.72. The molecule has 0 nitrogen and oxygen atoms in total. The highest BCUT2D eigenvalue weighted by molar-refractivity contribution is 8.00. The first kappa shape index (κ1) is 12.0. The molecule has 2 rings (SSSR count). The summed E-state index contributed by atoms with van der Waals surface area (Å²) in [6, 6.07) is 10.2. The maximum absolute atomic E-state index is 14.0. The molecular formula is C14H19FS. The van der Waals surface area contributed by atoms with Crippen molar-refractivity contribution in [2.45, 2.75) is 54.8 Å². The third-order valence-corrected chi connectivity index (χ3v) is 4.53. The van der Waals surface area contributed by atoms with Gasteiger partial charge in [-0.2, -0.15) is 0 Å². The standard InChI is InChI=1S/C14H19FS/c15-13-10-6-1-2-7-11-14(13)16-12-8-4-3-5-9-12/h3-5,8-9,13-14H,1-2,6-7,10-11H2/t13-,14-/m1/s1. The van der Waals surface area contributed by atoms with Gasteiger partial charge in [-0.05, 0) is 25.0 Å². The smallest absolute Gasteiger partial charge is 0.112 e. The second-order valence-corrected chi connectivity index (χ2v) is 5.79. The normalized spacial score (nSPS) is 27.1. The van der Waals surface area contributed by atoms with Gasteiger partial charge in [0, 0.05) is 10.1 Å². The van der Waals surface area contributed by atoms with Crippen LogP contribution in [0, 0.1) is 0 Å². The zero-order valence-corrected chi connectivity index (χ0v) is 10.4. The van der Waals surface area contributed by atoms with E-state index in [4.69, 9.17) is 0 Å². The van der Waals surface area contributed by atoms with Gasteiger partial charge in [0.25, 0.3) is 0 Å². The minimum absolute atomic E-state index is 0.169. The summed E-state index contributed by atoms with van der Waals surface area (Å²) in [5.41, 5.74) is 0. The molecule has 16 heavy (non-hydrogen) atoms. The lowest BCUT2D eigenvalue weighted by molar-refractivity contribution is 0.275. The van der Waals surface area contributed by atoms with Crippen molar-refractivity contribution in [2.75, 3.05) is 0 Å². The van der Waals surface area contributed by atoms with Gasteiger partial charge in [0.2, 0.25) is 0 Å². The maximum Gasteiger partial charge on any atom is 0.112 e. The van der Waals surface area contributed by atoms with Gasteiger partial charge < -0.3 is 0 Å². The highest BCUT2D eigenvalue weighted by Gasteiger charge is 2.23. The Balaban J connectivity index is 1.95. The van der Waals surface area contributed by atoms with E-state index in [0.29, 0.717) is 0 Å². The van der Waals surface area contributed by atoms with E-state index in [2.05, 4.69) is 12.1 Å². The molecule has 1 aromatic carbocycles. The average molecular weight is 238 g/mol. The van der Waals surface area contributed by atoms with Crippen LogP contribution >= 0.6 is 11.8 Å². The molecule has 0 amide bonds. The molecule has 2 atom stereocenters. The predicted molar refractivity (Wildman–Crippen MR) is 68.7 cm³/mol. The van der Waals surface area contributed by atoms with Crippen LogP contribution in [0.2, 0.25) is 0 Å². The third-order valence-electron chi connectivity index (χ3n) is 3.15. The summed E-state index contributed by atoms with van der Waals surface area (Å²) in [5, 5.41) is 0.169. The molecule has 0 spiro atoms. The molecule has 0 bridgehead atoms. The predicted octanol–water partition coefficient (Wildman–Crippen LogP) is 4.84. The fourth-order valence-corrected chi connectivity index (χ4v) is 3.44. The quantitative estimate of drug-likeness (QED) is 0.710. The van der Waals surface area contributed by atoms with Crippen LogP contribution < -0.4 is 0 Å². The van der Waals surface area contributed by atoms with Gasteiger partial charge in [-0.1, -0.05) is 43.9 Å². The summed E-state index contributed by atoms with van der Waals surface area (Å²) in [7, 11) is 0. The minimum atomic E-state index is -0.620. The summed E-state index contributed by atoms with van der Waals surface area (Å²) in [6.45, 7) is 0. The van der Waals surface area contributed by atoms with Crippen molar-refractivity contribution in [1.29, 1.82) is 0 Å². The van der Waals surface area contributed by atoms with Crippen LogP contribution in [-0.2, 0) is 0 Å². The lowest BCUT2D eigenvalue weighted by Gasteiger charge is -2.23. The maximum atomic E-state index is 14.0. The van der Waals surface area contributed by atoms with Gasteiger partial charge in [-0.25, -0.2) is 4.39 Å². The van der Waals surface area contributed by atoms with Crippen molar-refractivity contribution >= 4 is 11.8 Å². The first-order valence-electron chi connectivity index (χ1n) is 6.22. The van der Waals surface area contributed by atoms with Crippen LogP contribution in [0.5, 0.6) is 0 Å². The SMILES string of the molecule is F[C@@H]1CCCCCC[C@H]1Sc1ccccc1. The molecule has 2 heteroatoms. The fraction of sp³-hybridized carbons (Fsp3) is 0.571. The van der Waals surface area contributed by atoms with E-state index in [9.17, 15) is 4.39 Å². The summed E-state index contributed by atoms with van der Waals surface area (Å²) in [6.07, 6.45) is 5.90. The molecule has 1 saturated carbocycles. The molecule has 0 aliphatic heterocycles. The van der Waals surface area contributed by atoms with Crippen LogP contribution in [0.15, 0.2) is 35.2 Å². The number of hydrogen-bond acceptors (Lipinski definition) is 1. The molecule has 1 aromatic rings. The number of rotatable bonds is 2. The zero-order valence-electron chi connectivity index (χ0n) is 9.57. The molecule has 0 unspecified atom stereocenters. The van der Waals surface area contributed by atoms with Crippen molar-refractivity contribution in [3.8, 4) is 0 Å². The first-order chi connectivity index (χ1) is 7.86. The minimum Gasteiger partial charge on any atom is -0.246 e. The van der Waals surface area contributed by atoms with E-state index in [-0.39, 0.29) is 5.25 Å². The first-order valence-corrected chi connectivity index (χ1v) is 7.10. The van der Waals surface area contributed by atoms with Crippen LogP contribution in [-0.4, -0.2) is 11.4 Å². The topological polar surface area (TPSA) is 0 Å². The van der Waals surface area contributed by atoms with Gasteiger partial charge in [-0.3, -0.25) is 0 Å². The van der Waals surface area contributed by atoms with E-state index in [1.807, 2.05) is 18.2 Å². The van der Waals surface area contributed by atoms with E-state index in [1.54, 1.807) is 11.8 Å². The lowest BCUT2D eigenvalue weighted by Crippen LogP contribution is -2.20. The molecule has 1 aliphatic carbocycles. The largest absolute Gasteiger partial charge is 0.246 e. The van der Waals surface area contributed by atoms with Gasteiger partial charge in [0.1, 0.15) is 6.17 Å². The molecular weight excluding hydrogens is 219 g/mol. The number of benzene rings is 1. The summed E-state index contributed by atoms with van der Waals surface area (Å²) < 4.78 is 14.0. The van der Waals surface area contributed by atoms with E-state index < -0.39 is 6.17 Å². The second-order valence-electron chi connectivity index (χ2n) is 4.48. The van der Waals surface area contributed by atoms with E-state index in [0.717, 1.165) is 19.3 Å². The van der Waals surface area contributed by atoms with Crippen molar-refractivity contribution in [1.82, 2.24) is 0 Å². The number of hydrogen-bond donors (Lipinski definition) is 0. The van der Waals surface area contributed by atoms with Crippen LogP contribution in [0.25, 0.3) is 0 Å². The molecule has 1 fully saturated rings. The number of alkyl halides is 1. The zero-order chi connectivity index (χ0) is 11.2. The van der Waals surface area contributed by atoms with Crippen molar-refractivity contribution < 1.29 is 4.39 Å². The lowest BCUT2D eigenvalue weighted by atomic mass is 9.99. The van der Waals surface area contributed by atoms with Crippen molar-refractivity contribution in [3.63, 3.8) is 0 Å². The Bertz CT molecular complexity index is 299. The Hall–Kier alpha value is -0.500. The van der Waals surface area contributed by atoms with Gasteiger partial charge in [-0.15, -0.1) is 11.8 Å². The highest BCUT2D eigenvalue weighted by atomic mass is 32.2. The molecule has 88 valence electrons. The van der Waals surface area contributed by atoms with Crippen molar-refractivity contribution in [3.05, 3.63) is 30.3 Å². The number of halogens is 1. The highest BCUT2D eigenvalue weighted by Crippen LogP contribution is 2.33. The average Bonchev–Trinajstić information content (AvgIpc) is 2.30. The fourth-order valence-electron chi connectivity index (χ4n) is 2.21. The van der Waals surface area contributed by atoms with Gasteiger partial charge in [0.15, 0.2) is 0 Å². The molecule has 0 saturated heterocycles. The Morgan fingerprint density at radius 3 is 2.38 bits per heavy atom. The second kappa shape index (κ2) is 6.29.